The molecule has 0 aromatic heterocycles. The molecule has 0 unspecified atom stereocenters. The standard InChI is InChI=1S/C16H26/c1-6-9-10-11-15(7-2)12-13-16(8-3)14(4)5/h7-8,12-13H,4,6,9-11H2,1-3,5H3/b13-12-,15-7+,16-8+. The summed E-state index contributed by atoms with van der Waals surface area (Å²) < 4.78 is 0. The molecule has 0 aliphatic rings. The highest BCUT2D eigenvalue weighted by Gasteiger charge is 1.94. The third kappa shape index (κ3) is 6.44. The normalized spacial score (nSPS) is 13.5. The molecule has 0 aromatic carbocycles. The van der Waals surface area contributed by atoms with Crippen LogP contribution in [-0.2, 0) is 0 Å². The van der Waals surface area contributed by atoms with Crippen molar-refractivity contribution in [2.24, 2.45) is 0 Å². The van der Waals surface area contributed by atoms with Crippen molar-refractivity contribution in [1.29, 1.82) is 0 Å². The summed E-state index contributed by atoms with van der Waals surface area (Å²) in [6, 6.07) is 0. The Labute approximate surface area is 101 Å². The zero-order chi connectivity index (χ0) is 12.4. The summed E-state index contributed by atoms with van der Waals surface area (Å²) in [5.74, 6) is 0. The van der Waals surface area contributed by atoms with Crippen molar-refractivity contribution in [3.05, 3.63) is 47.6 Å². The Morgan fingerprint density at radius 2 is 1.75 bits per heavy atom. The van der Waals surface area contributed by atoms with E-state index in [0.29, 0.717) is 0 Å². The van der Waals surface area contributed by atoms with E-state index in [4.69, 9.17) is 0 Å². The lowest BCUT2D eigenvalue weighted by Gasteiger charge is -2.02. The molecule has 0 saturated carbocycles. The van der Waals surface area contributed by atoms with Crippen LogP contribution in [0.3, 0.4) is 0 Å². The number of hydrogen-bond acceptors (Lipinski definition) is 0. The fraction of sp³-hybridized carbons (Fsp3) is 0.500. The first-order chi connectivity index (χ1) is 7.65. The van der Waals surface area contributed by atoms with Gasteiger partial charge in [0.2, 0.25) is 0 Å². The molecule has 0 heterocycles. The molecule has 0 aromatic rings. The Hall–Kier alpha value is -1.04. The average Bonchev–Trinajstić information content (AvgIpc) is 2.27. The van der Waals surface area contributed by atoms with Gasteiger partial charge in [0, 0.05) is 0 Å². The summed E-state index contributed by atoms with van der Waals surface area (Å²) in [6.07, 6.45) is 13.8. The van der Waals surface area contributed by atoms with Gasteiger partial charge in [-0.1, -0.05) is 61.8 Å². The summed E-state index contributed by atoms with van der Waals surface area (Å²) in [4.78, 5) is 0. The Morgan fingerprint density at radius 3 is 2.19 bits per heavy atom. The molecule has 0 N–H and O–H groups in total. The fourth-order valence-corrected chi connectivity index (χ4v) is 1.58. The van der Waals surface area contributed by atoms with Crippen LogP contribution in [0.5, 0.6) is 0 Å². The lowest BCUT2D eigenvalue weighted by atomic mass is 10.0. The topological polar surface area (TPSA) is 0 Å². The van der Waals surface area contributed by atoms with Gasteiger partial charge in [0.25, 0.3) is 0 Å². The van der Waals surface area contributed by atoms with Crippen molar-refractivity contribution in [3.63, 3.8) is 0 Å². The van der Waals surface area contributed by atoms with Crippen molar-refractivity contribution in [3.8, 4) is 0 Å². The van der Waals surface area contributed by atoms with Gasteiger partial charge in [-0.05, 0) is 39.2 Å². The predicted octanol–water partition coefficient (Wildman–Crippen LogP) is 5.59. The third-order valence-electron chi connectivity index (χ3n) is 2.72. The lowest BCUT2D eigenvalue weighted by Crippen LogP contribution is -1.82. The zero-order valence-corrected chi connectivity index (χ0v) is 11.3. The highest BCUT2D eigenvalue weighted by molar-refractivity contribution is 5.38. The van der Waals surface area contributed by atoms with Crippen molar-refractivity contribution < 1.29 is 0 Å². The number of unbranched alkanes of at least 4 members (excludes halogenated alkanes) is 2. The zero-order valence-electron chi connectivity index (χ0n) is 11.3. The molecule has 0 nitrogen and oxygen atoms in total. The Balaban J connectivity index is 4.32. The Kier molecular flexibility index (Phi) is 8.61. The molecule has 0 aliphatic carbocycles. The summed E-state index contributed by atoms with van der Waals surface area (Å²) in [5.41, 5.74) is 3.78. The van der Waals surface area contributed by atoms with Crippen molar-refractivity contribution >= 4 is 0 Å². The fourth-order valence-electron chi connectivity index (χ4n) is 1.58. The van der Waals surface area contributed by atoms with Crippen molar-refractivity contribution in [2.45, 2.75) is 53.4 Å². The summed E-state index contributed by atoms with van der Waals surface area (Å²) >= 11 is 0. The highest BCUT2D eigenvalue weighted by Crippen LogP contribution is 2.14. The van der Waals surface area contributed by atoms with E-state index in [0.717, 1.165) is 5.57 Å². The van der Waals surface area contributed by atoms with Gasteiger partial charge in [0.15, 0.2) is 0 Å². The number of hydrogen-bond donors (Lipinski definition) is 0. The summed E-state index contributed by atoms with van der Waals surface area (Å²) in [5, 5.41) is 0. The molecule has 0 rings (SSSR count). The maximum absolute atomic E-state index is 3.97. The molecule has 0 saturated heterocycles. The molecule has 0 heteroatoms. The van der Waals surface area contributed by atoms with Gasteiger partial charge in [-0.3, -0.25) is 0 Å². The molecular formula is C16H26. The van der Waals surface area contributed by atoms with Gasteiger partial charge in [-0.25, -0.2) is 0 Å². The average molecular weight is 218 g/mol. The first-order valence-corrected chi connectivity index (χ1v) is 6.31. The summed E-state index contributed by atoms with van der Waals surface area (Å²) in [7, 11) is 0. The van der Waals surface area contributed by atoms with Gasteiger partial charge < -0.3 is 0 Å². The van der Waals surface area contributed by atoms with Crippen molar-refractivity contribution in [1.82, 2.24) is 0 Å². The van der Waals surface area contributed by atoms with E-state index >= 15 is 0 Å². The van der Waals surface area contributed by atoms with E-state index in [2.05, 4.69) is 51.7 Å². The second kappa shape index (κ2) is 9.21. The van der Waals surface area contributed by atoms with E-state index < -0.39 is 0 Å². The van der Waals surface area contributed by atoms with Crippen LogP contribution in [0.25, 0.3) is 0 Å². The smallest absolute Gasteiger partial charge is 0.0276 e. The van der Waals surface area contributed by atoms with Gasteiger partial charge in [0.05, 0.1) is 0 Å². The minimum Gasteiger partial charge on any atom is -0.0955 e. The molecule has 16 heavy (non-hydrogen) atoms. The second-order valence-corrected chi connectivity index (χ2v) is 4.18. The minimum atomic E-state index is 1.13. The van der Waals surface area contributed by atoms with Crippen LogP contribution >= 0.6 is 0 Å². The monoisotopic (exact) mass is 218 g/mol. The first-order valence-electron chi connectivity index (χ1n) is 6.31. The van der Waals surface area contributed by atoms with Crippen LogP contribution in [0, 0.1) is 0 Å². The van der Waals surface area contributed by atoms with Crippen LogP contribution < -0.4 is 0 Å². The molecule has 0 bridgehead atoms. The first kappa shape index (κ1) is 15.0. The van der Waals surface area contributed by atoms with Crippen LogP contribution in [0.1, 0.15) is 53.4 Å². The van der Waals surface area contributed by atoms with Gasteiger partial charge >= 0.3 is 0 Å². The SMILES string of the molecule is C=C(C)C(/C=C\C(=C\C)CCCCC)=C/C. The maximum Gasteiger partial charge on any atom is -0.0276 e. The van der Waals surface area contributed by atoms with E-state index in [1.807, 2.05) is 6.92 Å². The van der Waals surface area contributed by atoms with Gasteiger partial charge in [0.1, 0.15) is 0 Å². The van der Waals surface area contributed by atoms with Crippen LogP contribution in [0.4, 0.5) is 0 Å². The quantitative estimate of drug-likeness (QED) is 0.386. The van der Waals surface area contributed by atoms with Crippen LogP contribution in [-0.4, -0.2) is 0 Å². The molecule has 0 radical (unpaired) electrons. The van der Waals surface area contributed by atoms with E-state index in [1.54, 1.807) is 0 Å². The van der Waals surface area contributed by atoms with Crippen LogP contribution in [0.15, 0.2) is 47.6 Å². The highest BCUT2D eigenvalue weighted by atomic mass is 14.0. The molecular weight excluding hydrogens is 192 g/mol. The van der Waals surface area contributed by atoms with Crippen molar-refractivity contribution in [2.75, 3.05) is 0 Å². The molecule has 0 atom stereocenters. The van der Waals surface area contributed by atoms with E-state index in [-0.39, 0.29) is 0 Å². The minimum absolute atomic E-state index is 1.13. The third-order valence-corrected chi connectivity index (χ3v) is 2.72. The molecule has 0 amide bonds. The lowest BCUT2D eigenvalue weighted by molar-refractivity contribution is 0.719. The summed E-state index contributed by atoms with van der Waals surface area (Å²) in [6.45, 7) is 12.4. The van der Waals surface area contributed by atoms with E-state index in [9.17, 15) is 0 Å². The predicted molar refractivity (Wildman–Crippen MR) is 75.6 cm³/mol. The largest absolute Gasteiger partial charge is 0.0955 e. The van der Waals surface area contributed by atoms with Gasteiger partial charge in [-0.15, -0.1) is 0 Å². The number of allylic oxidation sites excluding steroid dienone is 7. The molecule has 90 valence electrons. The van der Waals surface area contributed by atoms with Crippen LogP contribution in [0.2, 0.25) is 0 Å². The molecule has 0 spiro atoms. The molecule has 0 fully saturated rings. The van der Waals surface area contributed by atoms with E-state index in [1.165, 1.54) is 36.8 Å². The maximum atomic E-state index is 3.97. The Bertz CT molecular complexity index is 287. The molecule has 0 aliphatic heterocycles. The Morgan fingerprint density at radius 1 is 1.06 bits per heavy atom. The van der Waals surface area contributed by atoms with Gasteiger partial charge in [-0.2, -0.15) is 0 Å². The number of rotatable bonds is 7. The second-order valence-electron chi connectivity index (χ2n) is 4.18.